The molecule has 3 rings (SSSR count). The lowest BCUT2D eigenvalue weighted by Crippen LogP contribution is -2.53. The molecule has 136 valence electrons. The largest absolute Gasteiger partial charge is 0.488 e. The van der Waals surface area contributed by atoms with E-state index >= 15 is 0 Å². The molecule has 2 aliphatic carbocycles. The number of likely N-dealkylation sites (N-methyl/N-ethyl adjacent to an activating group) is 1. The Bertz CT molecular complexity index is 625. The SMILES string of the molecule is CN(C(=O)CC1CC1)[C@@H]1CCC[C@H](Oc2ccc(C(=O)O)cc2)[C@H]1O. The van der Waals surface area contributed by atoms with Crippen LogP contribution in [0.4, 0.5) is 0 Å². The van der Waals surface area contributed by atoms with E-state index in [0.29, 0.717) is 24.5 Å². The molecule has 2 aliphatic rings. The Labute approximate surface area is 147 Å². The van der Waals surface area contributed by atoms with Gasteiger partial charge < -0.3 is 19.8 Å². The van der Waals surface area contributed by atoms with Gasteiger partial charge in [0, 0.05) is 13.5 Å². The number of hydrogen-bond acceptors (Lipinski definition) is 4. The maximum atomic E-state index is 12.3. The number of aliphatic hydroxyl groups is 1. The van der Waals surface area contributed by atoms with Crippen LogP contribution in [0, 0.1) is 5.92 Å². The summed E-state index contributed by atoms with van der Waals surface area (Å²) in [5, 5.41) is 19.6. The number of ether oxygens (including phenoxy) is 1. The summed E-state index contributed by atoms with van der Waals surface area (Å²) < 4.78 is 5.87. The van der Waals surface area contributed by atoms with Crippen molar-refractivity contribution in [2.24, 2.45) is 5.92 Å². The number of hydrogen-bond donors (Lipinski definition) is 2. The second-order valence-electron chi connectivity index (χ2n) is 7.13. The molecule has 0 saturated heterocycles. The molecule has 0 bridgehead atoms. The van der Waals surface area contributed by atoms with E-state index in [4.69, 9.17) is 9.84 Å². The predicted octanol–water partition coefficient (Wildman–Crippen LogP) is 2.30. The van der Waals surface area contributed by atoms with Gasteiger partial charge in [-0.15, -0.1) is 0 Å². The Kier molecular flexibility index (Phi) is 5.27. The zero-order valence-corrected chi connectivity index (χ0v) is 14.4. The van der Waals surface area contributed by atoms with Gasteiger partial charge in [-0.2, -0.15) is 0 Å². The van der Waals surface area contributed by atoms with Crippen molar-refractivity contribution in [3.63, 3.8) is 0 Å². The maximum Gasteiger partial charge on any atom is 0.335 e. The number of carboxylic acid groups (broad SMARTS) is 1. The molecule has 0 unspecified atom stereocenters. The topological polar surface area (TPSA) is 87.1 Å². The molecular formula is C19H25NO5. The Morgan fingerprint density at radius 3 is 2.44 bits per heavy atom. The van der Waals surface area contributed by atoms with Crippen molar-refractivity contribution in [1.29, 1.82) is 0 Å². The van der Waals surface area contributed by atoms with Crippen molar-refractivity contribution in [3.05, 3.63) is 29.8 Å². The van der Waals surface area contributed by atoms with Gasteiger partial charge in [-0.1, -0.05) is 0 Å². The summed E-state index contributed by atoms with van der Waals surface area (Å²) in [6.45, 7) is 0. The quantitative estimate of drug-likeness (QED) is 0.824. The van der Waals surface area contributed by atoms with Crippen molar-refractivity contribution >= 4 is 11.9 Å². The number of carbonyl (C=O) groups excluding carboxylic acids is 1. The first-order valence-electron chi connectivity index (χ1n) is 8.89. The fourth-order valence-electron chi connectivity index (χ4n) is 3.42. The summed E-state index contributed by atoms with van der Waals surface area (Å²) in [5.74, 6) is 0.162. The monoisotopic (exact) mass is 347 g/mol. The number of rotatable bonds is 6. The number of amides is 1. The summed E-state index contributed by atoms with van der Waals surface area (Å²) in [4.78, 5) is 24.9. The van der Waals surface area contributed by atoms with Gasteiger partial charge in [0.15, 0.2) is 0 Å². The van der Waals surface area contributed by atoms with Crippen molar-refractivity contribution < 1.29 is 24.5 Å². The third kappa shape index (κ3) is 4.31. The number of carboxylic acids is 1. The summed E-state index contributed by atoms with van der Waals surface area (Å²) in [5.41, 5.74) is 0.194. The predicted molar refractivity (Wildman–Crippen MR) is 91.6 cm³/mol. The molecule has 25 heavy (non-hydrogen) atoms. The number of nitrogens with zero attached hydrogens (tertiary/aromatic N) is 1. The Morgan fingerprint density at radius 1 is 1.16 bits per heavy atom. The minimum absolute atomic E-state index is 0.0954. The highest BCUT2D eigenvalue weighted by Gasteiger charge is 2.38. The average molecular weight is 347 g/mol. The first kappa shape index (κ1) is 17.7. The van der Waals surface area contributed by atoms with Gasteiger partial charge in [-0.05, 0) is 62.3 Å². The van der Waals surface area contributed by atoms with Crippen LogP contribution in [-0.2, 0) is 4.79 Å². The van der Waals surface area contributed by atoms with Crippen LogP contribution in [0.2, 0.25) is 0 Å². The number of carbonyl (C=O) groups is 2. The van der Waals surface area contributed by atoms with Crippen LogP contribution in [0.5, 0.6) is 5.75 Å². The van der Waals surface area contributed by atoms with Crippen molar-refractivity contribution in [3.8, 4) is 5.75 Å². The fraction of sp³-hybridized carbons (Fsp3) is 0.579. The highest BCUT2D eigenvalue weighted by atomic mass is 16.5. The van der Waals surface area contributed by atoms with E-state index in [0.717, 1.165) is 25.7 Å². The van der Waals surface area contributed by atoms with Crippen LogP contribution in [0.25, 0.3) is 0 Å². The van der Waals surface area contributed by atoms with Crippen molar-refractivity contribution in [2.75, 3.05) is 7.05 Å². The molecule has 2 N–H and O–H groups in total. The molecule has 2 saturated carbocycles. The van der Waals surface area contributed by atoms with Crippen LogP contribution >= 0.6 is 0 Å². The van der Waals surface area contributed by atoms with E-state index < -0.39 is 18.2 Å². The lowest BCUT2D eigenvalue weighted by Gasteiger charge is -2.39. The summed E-state index contributed by atoms with van der Waals surface area (Å²) in [7, 11) is 1.77. The van der Waals surface area contributed by atoms with Gasteiger partial charge in [-0.25, -0.2) is 4.79 Å². The van der Waals surface area contributed by atoms with E-state index in [1.165, 1.54) is 12.1 Å². The molecule has 1 amide bonds. The molecule has 0 spiro atoms. The van der Waals surface area contributed by atoms with E-state index in [9.17, 15) is 14.7 Å². The Balaban J connectivity index is 1.61. The maximum absolute atomic E-state index is 12.3. The minimum atomic E-state index is -0.986. The molecule has 1 aromatic rings. The molecule has 6 heteroatoms. The average Bonchev–Trinajstić information content (AvgIpc) is 3.40. The van der Waals surface area contributed by atoms with E-state index in [2.05, 4.69) is 0 Å². The van der Waals surface area contributed by atoms with E-state index in [1.807, 2.05) is 0 Å². The number of aliphatic hydroxyl groups excluding tert-OH is 1. The third-order valence-corrected chi connectivity index (χ3v) is 5.20. The highest BCUT2D eigenvalue weighted by Crippen LogP contribution is 2.34. The zero-order valence-electron chi connectivity index (χ0n) is 14.4. The van der Waals surface area contributed by atoms with Gasteiger partial charge >= 0.3 is 5.97 Å². The standard InChI is InChI=1S/C19H25NO5/c1-20(17(21)11-12-5-6-12)15-3-2-4-16(18(15)22)25-14-9-7-13(8-10-14)19(23)24/h7-10,12,15-16,18,22H,2-6,11H2,1H3,(H,23,24)/t15-,16+,18+/m1/s1. The molecule has 6 nitrogen and oxygen atoms in total. The second kappa shape index (κ2) is 7.44. The van der Waals surface area contributed by atoms with Crippen LogP contribution < -0.4 is 4.74 Å². The zero-order chi connectivity index (χ0) is 18.0. The van der Waals surface area contributed by atoms with Gasteiger partial charge in [0.1, 0.15) is 18.0 Å². The van der Waals surface area contributed by atoms with Gasteiger partial charge in [-0.3, -0.25) is 4.79 Å². The highest BCUT2D eigenvalue weighted by molar-refractivity contribution is 5.87. The molecule has 0 heterocycles. The minimum Gasteiger partial charge on any atom is -0.488 e. The van der Waals surface area contributed by atoms with Gasteiger partial charge in [0.2, 0.25) is 5.91 Å². The van der Waals surface area contributed by atoms with Crippen LogP contribution in [0.1, 0.15) is 48.9 Å². The lowest BCUT2D eigenvalue weighted by atomic mass is 9.88. The van der Waals surface area contributed by atoms with E-state index in [-0.39, 0.29) is 17.5 Å². The summed E-state index contributed by atoms with van der Waals surface area (Å²) >= 11 is 0. The first-order valence-corrected chi connectivity index (χ1v) is 8.89. The molecular weight excluding hydrogens is 322 g/mol. The van der Waals surface area contributed by atoms with Gasteiger partial charge in [0.05, 0.1) is 11.6 Å². The fourth-order valence-corrected chi connectivity index (χ4v) is 3.42. The third-order valence-electron chi connectivity index (χ3n) is 5.20. The number of aromatic carboxylic acids is 1. The summed E-state index contributed by atoms with van der Waals surface area (Å²) in [6.07, 6.45) is 4.04. The molecule has 1 aromatic carbocycles. The van der Waals surface area contributed by atoms with Crippen molar-refractivity contribution in [1.82, 2.24) is 4.90 Å². The van der Waals surface area contributed by atoms with Crippen LogP contribution in [-0.4, -0.2) is 52.3 Å². The molecule has 0 aromatic heterocycles. The van der Waals surface area contributed by atoms with Crippen molar-refractivity contribution in [2.45, 2.75) is 56.8 Å². The molecule has 2 fully saturated rings. The molecule has 3 atom stereocenters. The summed E-state index contributed by atoms with van der Waals surface area (Å²) in [6, 6.07) is 5.93. The van der Waals surface area contributed by atoms with Crippen LogP contribution in [0.3, 0.4) is 0 Å². The molecule has 0 aliphatic heterocycles. The van der Waals surface area contributed by atoms with Crippen LogP contribution in [0.15, 0.2) is 24.3 Å². The number of benzene rings is 1. The molecule has 0 radical (unpaired) electrons. The van der Waals surface area contributed by atoms with E-state index in [1.54, 1.807) is 24.1 Å². The van der Waals surface area contributed by atoms with Gasteiger partial charge in [0.25, 0.3) is 0 Å². The Morgan fingerprint density at radius 2 is 1.84 bits per heavy atom. The smallest absolute Gasteiger partial charge is 0.335 e. The second-order valence-corrected chi connectivity index (χ2v) is 7.13. The lowest BCUT2D eigenvalue weighted by molar-refractivity contribution is -0.138. The first-order chi connectivity index (χ1) is 12.0. The normalized spacial score (nSPS) is 26.1. The Hall–Kier alpha value is -2.08.